The monoisotopic (exact) mass is 195 g/mol. The Morgan fingerprint density at radius 3 is 3.15 bits per heavy atom. The quantitative estimate of drug-likeness (QED) is 0.814. The van der Waals surface area contributed by atoms with Crippen molar-refractivity contribution in [1.29, 1.82) is 0 Å². The van der Waals surface area contributed by atoms with Crippen LogP contribution in [-0.2, 0) is 6.42 Å². The molecule has 0 saturated carbocycles. The molecule has 0 bridgehead atoms. The summed E-state index contributed by atoms with van der Waals surface area (Å²) in [5, 5.41) is 12.2. The molecule has 1 atom stereocenters. The van der Waals surface area contributed by atoms with E-state index >= 15 is 0 Å². The molecule has 1 unspecified atom stereocenters. The van der Waals surface area contributed by atoms with Gasteiger partial charge in [0.05, 0.1) is 6.26 Å². The number of hydrogen-bond acceptors (Lipinski definition) is 4. The fraction of sp³-hybridized carbons (Fsp3) is 0.222. The van der Waals surface area contributed by atoms with Gasteiger partial charge in [-0.1, -0.05) is 0 Å². The van der Waals surface area contributed by atoms with Crippen molar-refractivity contribution in [3.8, 4) is 0 Å². The highest BCUT2D eigenvalue weighted by molar-refractivity contribution is 7.09. The van der Waals surface area contributed by atoms with Crippen molar-refractivity contribution in [1.82, 2.24) is 4.98 Å². The minimum Gasteiger partial charge on any atom is -0.469 e. The van der Waals surface area contributed by atoms with Crippen molar-refractivity contribution in [3.63, 3.8) is 0 Å². The fourth-order valence-corrected chi connectivity index (χ4v) is 1.73. The first kappa shape index (κ1) is 8.47. The summed E-state index contributed by atoms with van der Waals surface area (Å²) in [5.74, 6) is 0.780. The average Bonchev–Trinajstić information content (AvgIpc) is 2.74. The van der Waals surface area contributed by atoms with Crippen LogP contribution in [0.3, 0.4) is 0 Å². The van der Waals surface area contributed by atoms with E-state index in [1.165, 1.54) is 11.3 Å². The minimum absolute atomic E-state index is 0.487. The Bertz CT molecular complexity index is 342. The Hall–Kier alpha value is -1.13. The van der Waals surface area contributed by atoms with Crippen molar-refractivity contribution in [2.75, 3.05) is 0 Å². The van der Waals surface area contributed by atoms with Crippen molar-refractivity contribution in [2.24, 2.45) is 0 Å². The van der Waals surface area contributed by atoms with Gasteiger partial charge in [0.25, 0.3) is 0 Å². The van der Waals surface area contributed by atoms with Gasteiger partial charge in [-0.2, -0.15) is 0 Å². The summed E-state index contributed by atoms with van der Waals surface area (Å²) in [5.41, 5.74) is 0. The third-order valence-corrected chi connectivity index (χ3v) is 2.59. The lowest BCUT2D eigenvalue weighted by molar-refractivity contribution is 0.170. The maximum absolute atomic E-state index is 9.67. The highest BCUT2D eigenvalue weighted by Crippen LogP contribution is 2.19. The first-order valence-electron chi connectivity index (χ1n) is 3.96. The van der Waals surface area contributed by atoms with Gasteiger partial charge in [0.15, 0.2) is 0 Å². The molecule has 2 aromatic rings. The maximum Gasteiger partial charge on any atom is 0.122 e. The molecule has 0 aliphatic rings. The largest absolute Gasteiger partial charge is 0.469 e. The van der Waals surface area contributed by atoms with Gasteiger partial charge in [0.1, 0.15) is 16.9 Å². The van der Waals surface area contributed by atoms with E-state index in [0.29, 0.717) is 6.42 Å². The lowest BCUT2D eigenvalue weighted by Gasteiger charge is -2.03. The molecule has 2 rings (SSSR count). The molecule has 0 aliphatic carbocycles. The van der Waals surface area contributed by atoms with Crippen LogP contribution in [0.2, 0.25) is 0 Å². The Morgan fingerprint density at radius 2 is 2.54 bits per heavy atom. The number of aliphatic hydroxyl groups is 1. The van der Waals surface area contributed by atoms with E-state index < -0.39 is 6.10 Å². The van der Waals surface area contributed by atoms with E-state index in [1.54, 1.807) is 12.5 Å². The zero-order valence-electron chi connectivity index (χ0n) is 6.88. The predicted molar refractivity (Wildman–Crippen MR) is 49.5 cm³/mol. The Labute approximate surface area is 79.7 Å². The Balaban J connectivity index is 2.04. The molecule has 2 aromatic heterocycles. The van der Waals surface area contributed by atoms with E-state index in [4.69, 9.17) is 4.42 Å². The zero-order chi connectivity index (χ0) is 9.10. The molecule has 2 heterocycles. The summed E-state index contributed by atoms with van der Waals surface area (Å²) >= 11 is 1.45. The van der Waals surface area contributed by atoms with Gasteiger partial charge in [0.2, 0.25) is 0 Å². The number of thiazole rings is 1. The van der Waals surface area contributed by atoms with Gasteiger partial charge in [-0.3, -0.25) is 0 Å². The number of rotatable bonds is 3. The molecular formula is C9H9NO2S. The molecule has 1 N–H and O–H groups in total. The van der Waals surface area contributed by atoms with Crippen molar-refractivity contribution < 1.29 is 9.52 Å². The van der Waals surface area contributed by atoms with Gasteiger partial charge in [-0.15, -0.1) is 11.3 Å². The zero-order valence-corrected chi connectivity index (χ0v) is 7.70. The molecular weight excluding hydrogens is 186 g/mol. The number of furan rings is 1. The number of aromatic nitrogens is 1. The third kappa shape index (κ3) is 1.96. The van der Waals surface area contributed by atoms with E-state index in [9.17, 15) is 5.11 Å². The summed E-state index contributed by atoms with van der Waals surface area (Å²) in [4.78, 5) is 4.02. The molecule has 4 heteroatoms. The van der Waals surface area contributed by atoms with Crippen LogP contribution in [0.1, 0.15) is 16.9 Å². The molecule has 0 amide bonds. The number of nitrogens with zero attached hydrogens (tertiary/aromatic N) is 1. The minimum atomic E-state index is -0.550. The van der Waals surface area contributed by atoms with Crippen molar-refractivity contribution in [2.45, 2.75) is 12.5 Å². The number of aliphatic hydroxyl groups excluding tert-OH is 1. The normalized spacial score (nSPS) is 13.0. The second-order valence-corrected chi connectivity index (χ2v) is 3.60. The molecule has 13 heavy (non-hydrogen) atoms. The summed E-state index contributed by atoms with van der Waals surface area (Å²) in [6.45, 7) is 0. The topological polar surface area (TPSA) is 46.3 Å². The predicted octanol–water partition coefficient (Wildman–Crippen LogP) is 2.01. The van der Waals surface area contributed by atoms with Crippen molar-refractivity contribution in [3.05, 3.63) is 40.7 Å². The van der Waals surface area contributed by atoms with Gasteiger partial charge in [-0.05, 0) is 12.1 Å². The van der Waals surface area contributed by atoms with E-state index in [-0.39, 0.29) is 0 Å². The number of hydrogen-bond donors (Lipinski definition) is 1. The van der Waals surface area contributed by atoms with E-state index in [0.717, 1.165) is 10.8 Å². The molecule has 3 nitrogen and oxygen atoms in total. The maximum atomic E-state index is 9.67. The smallest absolute Gasteiger partial charge is 0.122 e. The van der Waals surface area contributed by atoms with E-state index in [2.05, 4.69) is 4.98 Å². The highest BCUT2D eigenvalue weighted by Gasteiger charge is 2.11. The van der Waals surface area contributed by atoms with E-state index in [1.807, 2.05) is 17.5 Å². The first-order valence-corrected chi connectivity index (χ1v) is 4.84. The molecule has 0 fully saturated rings. The van der Waals surface area contributed by atoms with Crippen LogP contribution in [0.4, 0.5) is 0 Å². The molecule has 68 valence electrons. The third-order valence-electron chi connectivity index (χ3n) is 1.71. The highest BCUT2D eigenvalue weighted by atomic mass is 32.1. The summed E-state index contributed by atoms with van der Waals surface area (Å²) in [6, 6.07) is 3.65. The summed E-state index contributed by atoms with van der Waals surface area (Å²) < 4.78 is 5.12. The van der Waals surface area contributed by atoms with Crippen molar-refractivity contribution >= 4 is 11.3 Å². The Kier molecular flexibility index (Phi) is 2.42. The lowest BCUT2D eigenvalue weighted by atomic mass is 10.2. The summed E-state index contributed by atoms with van der Waals surface area (Å²) in [7, 11) is 0. The van der Waals surface area contributed by atoms with Crippen LogP contribution in [0.15, 0.2) is 34.4 Å². The average molecular weight is 195 g/mol. The lowest BCUT2D eigenvalue weighted by Crippen LogP contribution is -1.99. The molecule has 0 aliphatic heterocycles. The van der Waals surface area contributed by atoms with Crippen LogP contribution in [0.5, 0.6) is 0 Å². The molecule has 0 radical (unpaired) electrons. The van der Waals surface area contributed by atoms with Gasteiger partial charge < -0.3 is 9.52 Å². The van der Waals surface area contributed by atoms with Crippen LogP contribution in [-0.4, -0.2) is 10.1 Å². The van der Waals surface area contributed by atoms with Gasteiger partial charge in [-0.25, -0.2) is 4.98 Å². The van der Waals surface area contributed by atoms with Gasteiger partial charge in [0, 0.05) is 18.0 Å². The standard InChI is InChI=1S/C9H9NO2S/c11-8(9-10-3-5-13-9)6-7-2-1-4-12-7/h1-5,8,11H,6H2. The van der Waals surface area contributed by atoms with Gasteiger partial charge >= 0.3 is 0 Å². The first-order chi connectivity index (χ1) is 6.36. The summed E-state index contributed by atoms with van der Waals surface area (Å²) in [6.07, 6.45) is 3.22. The SMILES string of the molecule is OC(Cc1ccco1)c1nccs1. The molecule has 0 saturated heterocycles. The van der Waals surface area contributed by atoms with Crippen LogP contribution in [0, 0.1) is 0 Å². The second kappa shape index (κ2) is 3.72. The molecule has 0 aromatic carbocycles. The van der Waals surface area contributed by atoms with Crippen LogP contribution in [0.25, 0.3) is 0 Å². The fourth-order valence-electron chi connectivity index (χ4n) is 1.11. The van der Waals surface area contributed by atoms with Crippen LogP contribution < -0.4 is 0 Å². The molecule has 0 spiro atoms. The second-order valence-electron chi connectivity index (χ2n) is 2.67. The Morgan fingerprint density at radius 1 is 1.62 bits per heavy atom. The van der Waals surface area contributed by atoms with Crippen LogP contribution >= 0.6 is 11.3 Å².